The van der Waals surface area contributed by atoms with E-state index in [1.54, 1.807) is 13.0 Å². The predicted octanol–water partition coefficient (Wildman–Crippen LogP) is 3.79. The van der Waals surface area contributed by atoms with Crippen LogP contribution in [0.4, 0.5) is 0 Å². The van der Waals surface area contributed by atoms with E-state index in [0.29, 0.717) is 12.2 Å². The number of ketones is 1. The number of carboxylic acid groups (broad SMARTS) is 1. The van der Waals surface area contributed by atoms with E-state index in [2.05, 4.69) is 13.8 Å². The Balaban J connectivity index is 2.22. The van der Waals surface area contributed by atoms with E-state index in [4.69, 9.17) is 0 Å². The van der Waals surface area contributed by atoms with Gasteiger partial charge in [0.05, 0.1) is 5.41 Å². The van der Waals surface area contributed by atoms with Crippen LogP contribution in [0.25, 0.3) is 0 Å². The van der Waals surface area contributed by atoms with Crippen LogP contribution in [0.5, 0.6) is 5.75 Å². The lowest BCUT2D eigenvalue weighted by Gasteiger charge is -2.53. The van der Waals surface area contributed by atoms with Crippen LogP contribution in [0.15, 0.2) is 12.1 Å². The minimum absolute atomic E-state index is 0.0191. The van der Waals surface area contributed by atoms with Gasteiger partial charge >= 0.3 is 5.97 Å². The monoisotopic (exact) mass is 330 g/mol. The maximum atomic E-state index is 12.4. The molecule has 2 N–H and O–H groups in total. The molecule has 0 aromatic heterocycles. The summed E-state index contributed by atoms with van der Waals surface area (Å²) in [6.07, 6.45) is 2.00. The largest absolute Gasteiger partial charge is 0.508 e. The van der Waals surface area contributed by atoms with E-state index < -0.39 is 16.8 Å². The summed E-state index contributed by atoms with van der Waals surface area (Å²) < 4.78 is 0. The average Bonchev–Trinajstić information content (AvgIpc) is 2.44. The van der Waals surface area contributed by atoms with Crippen molar-refractivity contribution in [3.05, 3.63) is 28.8 Å². The lowest BCUT2D eigenvalue weighted by molar-refractivity contribution is -0.161. The summed E-state index contributed by atoms with van der Waals surface area (Å²) in [4.78, 5) is 24.4. The fraction of sp³-hybridized carbons (Fsp3) is 0.600. The fourth-order valence-electron chi connectivity index (χ4n) is 5.37. The van der Waals surface area contributed by atoms with Gasteiger partial charge in [-0.15, -0.1) is 0 Å². The van der Waals surface area contributed by atoms with Crippen LogP contribution < -0.4 is 0 Å². The van der Waals surface area contributed by atoms with Crippen molar-refractivity contribution in [2.24, 2.45) is 11.3 Å². The molecule has 2 aliphatic rings. The van der Waals surface area contributed by atoms with Gasteiger partial charge in [-0.25, -0.2) is 0 Å². The van der Waals surface area contributed by atoms with Crippen molar-refractivity contribution in [1.82, 2.24) is 0 Å². The topological polar surface area (TPSA) is 74.6 Å². The molecule has 0 saturated heterocycles. The quantitative estimate of drug-likeness (QED) is 0.865. The van der Waals surface area contributed by atoms with Gasteiger partial charge in [-0.3, -0.25) is 9.59 Å². The average molecular weight is 330 g/mol. The number of phenols is 1. The molecule has 0 unspecified atom stereocenters. The zero-order valence-electron chi connectivity index (χ0n) is 14.8. The summed E-state index contributed by atoms with van der Waals surface area (Å²) in [5.74, 6) is -0.444. The molecule has 0 radical (unpaired) electrons. The minimum atomic E-state index is -1.02. The molecule has 1 saturated carbocycles. The standard InChI is InChI=1S/C20H26O4/c1-11(2)17-13-5-8-16-19(3,14(13)6-7-15(17)22)9-12(21)10-20(16,4)18(23)24/h6-7,11,16,22H,5,8-10H2,1-4H3,(H,23,24)/t16-,19-,20+/m1/s1. The van der Waals surface area contributed by atoms with E-state index in [9.17, 15) is 19.8 Å². The van der Waals surface area contributed by atoms with Crippen LogP contribution in [0, 0.1) is 11.3 Å². The number of Topliss-reactive ketones (excluding diaryl/α,β-unsaturated/α-hetero) is 1. The first-order valence-electron chi connectivity index (χ1n) is 8.71. The Morgan fingerprint density at radius 2 is 1.92 bits per heavy atom. The molecule has 0 heterocycles. The van der Waals surface area contributed by atoms with Crippen molar-refractivity contribution < 1.29 is 19.8 Å². The molecule has 1 fully saturated rings. The van der Waals surface area contributed by atoms with E-state index >= 15 is 0 Å². The lowest BCUT2D eigenvalue weighted by Crippen LogP contribution is -2.55. The molecule has 3 rings (SSSR count). The minimum Gasteiger partial charge on any atom is -0.508 e. The van der Waals surface area contributed by atoms with Crippen molar-refractivity contribution in [3.8, 4) is 5.75 Å². The third kappa shape index (κ3) is 2.19. The maximum absolute atomic E-state index is 12.4. The summed E-state index contributed by atoms with van der Waals surface area (Å²) in [7, 11) is 0. The van der Waals surface area contributed by atoms with Gasteiger partial charge in [0.25, 0.3) is 0 Å². The van der Waals surface area contributed by atoms with E-state index in [1.165, 1.54) is 0 Å². The number of fused-ring (bicyclic) bond motifs is 3. The smallest absolute Gasteiger partial charge is 0.310 e. The molecule has 1 aromatic rings. The van der Waals surface area contributed by atoms with Crippen molar-refractivity contribution in [3.63, 3.8) is 0 Å². The highest BCUT2D eigenvalue weighted by molar-refractivity contribution is 5.89. The predicted molar refractivity (Wildman–Crippen MR) is 91.3 cm³/mol. The normalized spacial score (nSPS) is 32.4. The molecule has 2 aliphatic carbocycles. The number of carboxylic acids is 1. The highest BCUT2D eigenvalue weighted by atomic mass is 16.4. The van der Waals surface area contributed by atoms with Gasteiger partial charge in [0.15, 0.2) is 0 Å². The number of carbonyl (C=O) groups excluding carboxylic acids is 1. The third-order valence-electron chi connectivity index (χ3n) is 6.37. The molecule has 130 valence electrons. The van der Waals surface area contributed by atoms with Gasteiger partial charge < -0.3 is 10.2 Å². The van der Waals surface area contributed by atoms with E-state index in [-0.39, 0.29) is 24.0 Å². The number of carbonyl (C=O) groups is 2. The summed E-state index contributed by atoms with van der Waals surface area (Å²) in [6.45, 7) is 7.87. The molecular weight excluding hydrogens is 304 g/mol. The molecule has 0 bridgehead atoms. The summed E-state index contributed by atoms with van der Waals surface area (Å²) >= 11 is 0. The third-order valence-corrected chi connectivity index (χ3v) is 6.37. The van der Waals surface area contributed by atoms with Crippen LogP contribution in [0.2, 0.25) is 0 Å². The number of rotatable bonds is 2. The Labute approximate surface area is 142 Å². The summed E-state index contributed by atoms with van der Waals surface area (Å²) in [5.41, 5.74) is 1.62. The SMILES string of the molecule is CC(C)c1c(O)ccc2c1CC[C@H]1[C@@](C)(C(=O)O)CC(=O)C[C@]21C. The van der Waals surface area contributed by atoms with Crippen LogP contribution >= 0.6 is 0 Å². The number of aromatic hydroxyl groups is 1. The summed E-state index contributed by atoms with van der Waals surface area (Å²) in [6, 6.07) is 3.61. The first-order chi connectivity index (χ1) is 11.1. The van der Waals surface area contributed by atoms with Gasteiger partial charge in [-0.05, 0) is 54.4 Å². The van der Waals surface area contributed by atoms with Crippen LogP contribution in [-0.4, -0.2) is 22.0 Å². The molecule has 4 nitrogen and oxygen atoms in total. The van der Waals surface area contributed by atoms with Crippen LogP contribution in [0.3, 0.4) is 0 Å². The number of phenolic OH excluding ortho intramolecular Hbond substituents is 1. The summed E-state index contributed by atoms with van der Waals surface area (Å²) in [5, 5.41) is 20.1. The first kappa shape index (κ1) is 17.0. The molecule has 0 amide bonds. The van der Waals surface area contributed by atoms with E-state index in [0.717, 1.165) is 29.5 Å². The highest BCUT2D eigenvalue weighted by Gasteiger charge is 2.58. The van der Waals surface area contributed by atoms with Crippen LogP contribution in [0.1, 0.15) is 69.6 Å². The van der Waals surface area contributed by atoms with Gasteiger partial charge in [-0.1, -0.05) is 26.8 Å². The van der Waals surface area contributed by atoms with E-state index in [1.807, 2.05) is 13.0 Å². The Bertz CT molecular complexity index is 721. The van der Waals surface area contributed by atoms with Crippen molar-refractivity contribution >= 4 is 11.8 Å². The highest BCUT2D eigenvalue weighted by Crippen LogP contribution is 2.57. The van der Waals surface area contributed by atoms with Crippen molar-refractivity contribution in [2.45, 2.75) is 64.7 Å². The second-order valence-electron chi connectivity index (χ2n) is 8.30. The van der Waals surface area contributed by atoms with Gasteiger partial charge in [-0.2, -0.15) is 0 Å². The Morgan fingerprint density at radius 3 is 2.50 bits per heavy atom. The fourth-order valence-corrected chi connectivity index (χ4v) is 5.37. The number of benzene rings is 1. The lowest BCUT2D eigenvalue weighted by atomic mass is 9.49. The number of aliphatic carboxylic acids is 1. The number of hydrogen-bond acceptors (Lipinski definition) is 3. The molecular formula is C20H26O4. The molecule has 4 heteroatoms. The van der Waals surface area contributed by atoms with Crippen molar-refractivity contribution in [1.29, 1.82) is 0 Å². The van der Waals surface area contributed by atoms with Crippen molar-refractivity contribution in [2.75, 3.05) is 0 Å². The molecule has 0 aliphatic heterocycles. The zero-order chi connectivity index (χ0) is 17.9. The molecule has 3 atom stereocenters. The molecule has 24 heavy (non-hydrogen) atoms. The van der Waals surface area contributed by atoms with Gasteiger partial charge in [0, 0.05) is 18.3 Å². The second-order valence-corrected chi connectivity index (χ2v) is 8.30. The maximum Gasteiger partial charge on any atom is 0.310 e. The Kier molecular flexibility index (Phi) is 3.78. The van der Waals surface area contributed by atoms with Gasteiger partial charge in [0.1, 0.15) is 11.5 Å². The Hall–Kier alpha value is -1.84. The van der Waals surface area contributed by atoms with Crippen LogP contribution in [-0.2, 0) is 21.4 Å². The molecule has 1 aromatic carbocycles. The number of hydrogen-bond donors (Lipinski definition) is 2. The second kappa shape index (κ2) is 5.33. The zero-order valence-corrected chi connectivity index (χ0v) is 14.8. The molecule has 0 spiro atoms. The Morgan fingerprint density at radius 1 is 1.25 bits per heavy atom. The first-order valence-corrected chi connectivity index (χ1v) is 8.71. The van der Waals surface area contributed by atoms with Gasteiger partial charge in [0.2, 0.25) is 0 Å².